The molecule has 144 valence electrons. The van der Waals surface area contributed by atoms with Crippen molar-refractivity contribution >= 4 is 27.5 Å². The number of piperazine rings is 1. The number of hydrogen-bond acceptors (Lipinski definition) is 5. The van der Waals surface area contributed by atoms with E-state index in [1.807, 2.05) is 23.1 Å². The van der Waals surface area contributed by atoms with Crippen LogP contribution in [0.25, 0.3) is 10.2 Å². The van der Waals surface area contributed by atoms with Crippen LogP contribution in [-0.2, 0) is 11.3 Å². The number of fused-ring (bicyclic) bond motifs is 1. The van der Waals surface area contributed by atoms with Crippen molar-refractivity contribution in [3.63, 3.8) is 0 Å². The van der Waals surface area contributed by atoms with Gasteiger partial charge < -0.3 is 14.5 Å². The molecule has 0 radical (unpaired) electrons. The zero-order valence-corrected chi connectivity index (χ0v) is 17.0. The monoisotopic (exact) mass is 393 g/mol. The molecule has 1 fully saturated rings. The summed E-state index contributed by atoms with van der Waals surface area (Å²) in [5.74, 6) is 0.882. The second-order valence-electron chi connectivity index (χ2n) is 7.13. The SMILES string of the molecule is C=C1CN(C(C)=O)CCN1Cc1ccc(Oc2nc3ccc(C)cc3s2)cc1. The van der Waals surface area contributed by atoms with E-state index >= 15 is 0 Å². The van der Waals surface area contributed by atoms with Gasteiger partial charge in [0.25, 0.3) is 5.19 Å². The van der Waals surface area contributed by atoms with Crippen molar-refractivity contribution in [2.75, 3.05) is 19.6 Å². The number of aromatic nitrogens is 1. The molecule has 0 unspecified atom stereocenters. The summed E-state index contributed by atoms with van der Waals surface area (Å²) in [4.78, 5) is 20.1. The molecule has 3 aromatic rings. The molecule has 1 amide bonds. The molecule has 1 aliphatic rings. The van der Waals surface area contributed by atoms with Crippen LogP contribution < -0.4 is 4.74 Å². The van der Waals surface area contributed by atoms with Gasteiger partial charge in [-0.3, -0.25) is 4.79 Å². The van der Waals surface area contributed by atoms with Crippen LogP contribution in [0.3, 0.4) is 0 Å². The predicted molar refractivity (Wildman–Crippen MR) is 113 cm³/mol. The lowest BCUT2D eigenvalue weighted by molar-refractivity contribution is -0.129. The Labute approximate surface area is 168 Å². The number of nitrogens with zero attached hydrogens (tertiary/aromatic N) is 3. The van der Waals surface area contributed by atoms with Gasteiger partial charge in [-0.25, -0.2) is 4.98 Å². The fourth-order valence-electron chi connectivity index (χ4n) is 3.30. The summed E-state index contributed by atoms with van der Waals surface area (Å²) in [6.07, 6.45) is 0. The van der Waals surface area contributed by atoms with E-state index in [1.165, 1.54) is 11.1 Å². The van der Waals surface area contributed by atoms with Gasteiger partial charge in [0, 0.05) is 32.3 Å². The molecule has 28 heavy (non-hydrogen) atoms. The maximum absolute atomic E-state index is 11.5. The largest absolute Gasteiger partial charge is 0.431 e. The first-order valence-corrected chi connectivity index (χ1v) is 10.1. The molecule has 0 N–H and O–H groups in total. The van der Waals surface area contributed by atoms with Crippen molar-refractivity contribution in [3.8, 4) is 10.9 Å². The topological polar surface area (TPSA) is 45.7 Å². The normalized spacial score (nSPS) is 14.6. The standard InChI is InChI=1S/C22H23N3O2S/c1-15-4-9-20-21(12-15)28-22(23-20)27-19-7-5-18(6-8-19)14-24-10-11-25(17(3)26)13-16(24)2/h4-9,12H,2,10-11,13-14H2,1,3H3. The number of amides is 1. The zero-order chi connectivity index (χ0) is 19.7. The summed E-state index contributed by atoms with van der Waals surface area (Å²) in [7, 11) is 0. The Kier molecular flexibility index (Phi) is 5.05. The minimum Gasteiger partial charge on any atom is -0.431 e. The highest BCUT2D eigenvalue weighted by atomic mass is 32.1. The fraction of sp³-hybridized carbons (Fsp3) is 0.273. The molecule has 1 aromatic heterocycles. The van der Waals surface area contributed by atoms with Crippen molar-refractivity contribution in [1.29, 1.82) is 0 Å². The Morgan fingerprint density at radius 3 is 2.71 bits per heavy atom. The van der Waals surface area contributed by atoms with E-state index < -0.39 is 0 Å². The first kappa shape index (κ1) is 18.5. The lowest BCUT2D eigenvalue weighted by Crippen LogP contribution is -2.45. The molecule has 1 saturated heterocycles. The fourth-order valence-corrected chi connectivity index (χ4v) is 4.23. The molecule has 0 spiro atoms. The number of benzene rings is 2. The van der Waals surface area contributed by atoms with Crippen LogP contribution in [0.15, 0.2) is 54.7 Å². The van der Waals surface area contributed by atoms with Crippen molar-refractivity contribution < 1.29 is 9.53 Å². The molecule has 0 saturated carbocycles. The van der Waals surface area contributed by atoms with E-state index in [4.69, 9.17) is 4.74 Å². The molecule has 0 atom stereocenters. The maximum atomic E-state index is 11.5. The Balaban J connectivity index is 1.39. The molecule has 0 bridgehead atoms. The highest BCUT2D eigenvalue weighted by molar-refractivity contribution is 7.20. The number of carbonyl (C=O) groups is 1. The summed E-state index contributed by atoms with van der Waals surface area (Å²) in [6.45, 7) is 10.7. The van der Waals surface area contributed by atoms with Crippen LogP contribution >= 0.6 is 11.3 Å². The summed E-state index contributed by atoms with van der Waals surface area (Å²) >= 11 is 1.56. The van der Waals surface area contributed by atoms with Crippen molar-refractivity contribution in [2.24, 2.45) is 0 Å². The van der Waals surface area contributed by atoms with Crippen molar-refractivity contribution in [2.45, 2.75) is 20.4 Å². The van der Waals surface area contributed by atoms with Crippen LogP contribution in [0.4, 0.5) is 0 Å². The van der Waals surface area contributed by atoms with Gasteiger partial charge >= 0.3 is 0 Å². The van der Waals surface area contributed by atoms with E-state index in [-0.39, 0.29) is 5.91 Å². The number of aryl methyl sites for hydroxylation is 1. The summed E-state index contributed by atoms with van der Waals surface area (Å²) in [5.41, 5.74) is 4.35. The quantitative estimate of drug-likeness (QED) is 0.651. The van der Waals surface area contributed by atoms with Crippen LogP contribution in [-0.4, -0.2) is 40.3 Å². The number of hydrogen-bond donors (Lipinski definition) is 0. The molecular formula is C22H23N3O2S. The molecule has 2 aromatic carbocycles. The highest BCUT2D eigenvalue weighted by Gasteiger charge is 2.21. The molecule has 4 rings (SSSR count). The van der Waals surface area contributed by atoms with Gasteiger partial charge in [-0.05, 0) is 42.3 Å². The average Bonchev–Trinajstić information content (AvgIpc) is 3.06. The van der Waals surface area contributed by atoms with Crippen LogP contribution in [0.1, 0.15) is 18.1 Å². The zero-order valence-electron chi connectivity index (χ0n) is 16.1. The molecule has 1 aliphatic heterocycles. The summed E-state index contributed by atoms with van der Waals surface area (Å²) in [6, 6.07) is 14.3. The molecule has 2 heterocycles. The second-order valence-corrected chi connectivity index (χ2v) is 8.12. The van der Waals surface area contributed by atoms with E-state index in [1.54, 1.807) is 18.3 Å². The van der Waals surface area contributed by atoms with Gasteiger partial charge in [-0.1, -0.05) is 36.1 Å². The van der Waals surface area contributed by atoms with Gasteiger partial charge in [-0.2, -0.15) is 0 Å². The number of thiazole rings is 1. The van der Waals surface area contributed by atoms with Crippen LogP contribution in [0, 0.1) is 6.92 Å². The molecule has 0 aliphatic carbocycles. The minimum atomic E-state index is 0.104. The average molecular weight is 394 g/mol. The van der Waals surface area contributed by atoms with Crippen LogP contribution in [0.2, 0.25) is 0 Å². The first-order chi connectivity index (χ1) is 13.5. The number of rotatable bonds is 4. The third kappa shape index (κ3) is 4.02. The number of ether oxygens (including phenoxy) is 1. The third-order valence-corrected chi connectivity index (χ3v) is 5.83. The van der Waals surface area contributed by atoms with Gasteiger partial charge in [0.05, 0.1) is 16.8 Å². The summed E-state index contributed by atoms with van der Waals surface area (Å²) in [5, 5.41) is 0.655. The summed E-state index contributed by atoms with van der Waals surface area (Å²) < 4.78 is 7.08. The first-order valence-electron chi connectivity index (χ1n) is 9.30. The van der Waals surface area contributed by atoms with E-state index in [0.29, 0.717) is 11.7 Å². The smallest absolute Gasteiger partial charge is 0.279 e. The molecule has 5 nitrogen and oxygen atoms in total. The Morgan fingerprint density at radius 2 is 2.00 bits per heavy atom. The maximum Gasteiger partial charge on any atom is 0.279 e. The Morgan fingerprint density at radius 1 is 1.21 bits per heavy atom. The van der Waals surface area contributed by atoms with Crippen molar-refractivity contribution in [1.82, 2.24) is 14.8 Å². The second kappa shape index (κ2) is 7.64. The van der Waals surface area contributed by atoms with E-state index in [2.05, 4.69) is 47.7 Å². The Hall–Kier alpha value is -2.86. The van der Waals surface area contributed by atoms with Crippen molar-refractivity contribution in [3.05, 3.63) is 65.9 Å². The lowest BCUT2D eigenvalue weighted by Gasteiger charge is -2.37. The Bertz CT molecular complexity index is 1030. The van der Waals surface area contributed by atoms with Gasteiger partial charge in [0.15, 0.2) is 0 Å². The van der Waals surface area contributed by atoms with E-state index in [0.717, 1.165) is 41.3 Å². The molecular weight excluding hydrogens is 370 g/mol. The highest BCUT2D eigenvalue weighted by Crippen LogP contribution is 2.32. The van der Waals surface area contributed by atoms with Crippen LogP contribution in [0.5, 0.6) is 10.9 Å². The lowest BCUT2D eigenvalue weighted by atomic mass is 10.1. The molecule has 6 heteroatoms. The number of carbonyl (C=O) groups excluding carboxylic acids is 1. The van der Waals surface area contributed by atoms with Gasteiger partial charge in [-0.15, -0.1) is 0 Å². The third-order valence-electron chi connectivity index (χ3n) is 4.93. The van der Waals surface area contributed by atoms with Gasteiger partial charge in [0.1, 0.15) is 5.75 Å². The van der Waals surface area contributed by atoms with E-state index in [9.17, 15) is 4.79 Å². The van der Waals surface area contributed by atoms with Gasteiger partial charge in [0.2, 0.25) is 5.91 Å². The minimum absolute atomic E-state index is 0.104. The predicted octanol–water partition coefficient (Wildman–Crippen LogP) is 4.57.